The average molecular weight is 286 g/mol. The largest absolute Gasteiger partial charge is 0.347 e. The number of likely N-dealkylation sites (N-methyl/N-ethyl adjacent to an activating group) is 1. The molecule has 2 aromatic rings. The van der Waals surface area contributed by atoms with E-state index in [2.05, 4.69) is 20.4 Å². The summed E-state index contributed by atoms with van der Waals surface area (Å²) in [6, 6.07) is 7.15. The van der Waals surface area contributed by atoms with Crippen LogP contribution in [0.5, 0.6) is 0 Å². The highest BCUT2D eigenvalue weighted by Gasteiger charge is 2.21. The van der Waals surface area contributed by atoms with E-state index in [9.17, 15) is 9.59 Å². The normalized spacial score (nSPS) is 19.6. The number of hydrogen-bond donors (Lipinski definition) is 2. The molecule has 2 heterocycles. The number of likely N-dealkylation sites (tertiary alicyclic amines) is 1. The lowest BCUT2D eigenvalue weighted by atomic mass is 10.1. The van der Waals surface area contributed by atoms with E-state index in [1.807, 2.05) is 7.05 Å². The molecule has 1 aromatic carbocycles. The van der Waals surface area contributed by atoms with Gasteiger partial charge in [-0.1, -0.05) is 18.2 Å². The number of carbonyl (C=O) groups is 1. The molecule has 21 heavy (non-hydrogen) atoms. The second-order valence-electron chi connectivity index (χ2n) is 5.52. The first-order valence-corrected chi connectivity index (χ1v) is 7.12. The number of piperidine rings is 1. The number of carbonyl (C=O) groups excluding carboxylic acids is 1. The van der Waals surface area contributed by atoms with Gasteiger partial charge >= 0.3 is 0 Å². The molecule has 0 radical (unpaired) electrons. The summed E-state index contributed by atoms with van der Waals surface area (Å²) in [5.41, 5.74) is -0.00187. The Morgan fingerprint density at radius 3 is 2.90 bits per heavy atom. The van der Waals surface area contributed by atoms with Crippen molar-refractivity contribution in [2.75, 3.05) is 20.1 Å². The molecule has 3 rings (SSSR count). The third-order valence-corrected chi connectivity index (χ3v) is 3.87. The number of hydrogen-bond acceptors (Lipinski definition) is 4. The zero-order chi connectivity index (χ0) is 14.8. The quantitative estimate of drug-likeness (QED) is 0.854. The number of aromatic nitrogens is 2. The number of aromatic amines is 1. The lowest BCUT2D eigenvalue weighted by Crippen LogP contribution is -2.46. The Morgan fingerprint density at radius 1 is 1.38 bits per heavy atom. The van der Waals surface area contributed by atoms with Crippen LogP contribution in [0, 0.1) is 0 Å². The van der Waals surface area contributed by atoms with Gasteiger partial charge in [-0.3, -0.25) is 9.59 Å². The summed E-state index contributed by atoms with van der Waals surface area (Å²) >= 11 is 0. The Kier molecular flexibility index (Phi) is 3.70. The van der Waals surface area contributed by atoms with Crippen molar-refractivity contribution in [1.82, 2.24) is 20.4 Å². The second kappa shape index (κ2) is 5.65. The highest BCUT2D eigenvalue weighted by atomic mass is 16.2. The monoisotopic (exact) mass is 286 g/mol. The van der Waals surface area contributed by atoms with Crippen LogP contribution in [0.2, 0.25) is 0 Å². The Morgan fingerprint density at radius 2 is 2.14 bits per heavy atom. The van der Waals surface area contributed by atoms with Gasteiger partial charge in [0.25, 0.3) is 11.5 Å². The van der Waals surface area contributed by atoms with Crippen LogP contribution in [0.3, 0.4) is 0 Å². The molecule has 110 valence electrons. The Balaban J connectivity index is 1.88. The standard InChI is InChI=1S/C15H18N4O2/c1-19-8-4-5-10(9-19)16-15(21)13-11-6-2-3-7-12(11)14(20)18-17-13/h2-3,6-7,10H,4-5,8-9H2,1H3,(H,16,21)(H,18,20). The zero-order valence-electron chi connectivity index (χ0n) is 11.9. The summed E-state index contributed by atoms with van der Waals surface area (Å²) in [5, 5.41) is 10.4. The van der Waals surface area contributed by atoms with E-state index in [1.54, 1.807) is 24.3 Å². The van der Waals surface area contributed by atoms with E-state index < -0.39 is 0 Å². The van der Waals surface area contributed by atoms with Crippen LogP contribution in [0.15, 0.2) is 29.1 Å². The topological polar surface area (TPSA) is 78.1 Å². The molecule has 1 aromatic heterocycles. The molecular weight excluding hydrogens is 268 g/mol. The summed E-state index contributed by atoms with van der Waals surface area (Å²) in [6.07, 6.45) is 2.04. The number of H-pyrrole nitrogens is 1. The van der Waals surface area contributed by atoms with E-state index in [-0.39, 0.29) is 23.2 Å². The Hall–Kier alpha value is -2.21. The lowest BCUT2D eigenvalue weighted by molar-refractivity contribution is 0.0908. The highest BCUT2D eigenvalue weighted by molar-refractivity contribution is 6.04. The van der Waals surface area contributed by atoms with Crippen LogP contribution in [0.25, 0.3) is 10.8 Å². The van der Waals surface area contributed by atoms with Gasteiger partial charge in [-0.25, -0.2) is 5.10 Å². The van der Waals surface area contributed by atoms with Gasteiger partial charge in [0.2, 0.25) is 0 Å². The number of fused-ring (bicyclic) bond motifs is 1. The molecule has 0 aliphatic carbocycles. The van der Waals surface area contributed by atoms with Crippen LogP contribution >= 0.6 is 0 Å². The van der Waals surface area contributed by atoms with Gasteiger partial charge in [-0.2, -0.15) is 5.10 Å². The smallest absolute Gasteiger partial charge is 0.272 e. The number of nitrogens with one attached hydrogen (secondary N) is 2. The number of amides is 1. The third kappa shape index (κ3) is 2.80. The molecule has 6 heteroatoms. The third-order valence-electron chi connectivity index (χ3n) is 3.87. The van der Waals surface area contributed by atoms with E-state index in [0.717, 1.165) is 25.9 Å². The van der Waals surface area contributed by atoms with Crippen LogP contribution in [0.1, 0.15) is 23.3 Å². The van der Waals surface area contributed by atoms with Gasteiger partial charge in [0.05, 0.1) is 5.39 Å². The molecule has 2 N–H and O–H groups in total. The predicted molar refractivity (Wildman–Crippen MR) is 80.3 cm³/mol. The molecule has 1 unspecified atom stereocenters. The van der Waals surface area contributed by atoms with Crippen molar-refractivity contribution in [2.24, 2.45) is 0 Å². The summed E-state index contributed by atoms with van der Waals surface area (Å²) < 4.78 is 0. The first-order valence-electron chi connectivity index (χ1n) is 7.12. The first kappa shape index (κ1) is 13.8. The van der Waals surface area contributed by atoms with E-state index in [1.165, 1.54) is 0 Å². The Labute approximate surface area is 122 Å². The molecule has 0 bridgehead atoms. The molecule has 1 fully saturated rings. The summed E-state index contributed by atoms with van der Waals surface area (Å²) in [6.45, 7) is 1.90. The SMILES string of the molecule is CN1CCCC(NC(=O)c2n[nH]c(=O)c3ccccc23)C1. The minimum atomic E-state index is -0.278. The fourth-order valence-electron chi connectivity index (χ4n) is 2.83. The van der Waals surface area contributed by atoms with Gasteiger partial charge in [0.15, 0.2) is 5.69 Å². The molecule has 0 saturated carbocycles. The van der Waals surface area contributed by atoms with Crippen molar-refractivity contribution in [3.05, 3.63) is 40.3 Å². The van der Waals surface area contributed by atoms with Gasteiger partial charge in [-0.05, 0) is 32.5 Å². The zero-order valence-corrected chi connectivity index (χ0v) is 11.9. The first-order chi connectivity index (χ1) is 10.1. The van der Waals surface area contributed by atoms with E-state index in [4.69, 9.17) is 0 Å². The summed E-state index contributed by atoms with van der Waals surface area (Å²) in [4.78, 5) is 26.4. The number of nitrogens with zero attached hydrogens (tertiary/aromatic N) is 2. The molecule has 1 amide bonds. The fourth-order valence-corrected chi connectivity index (χ4v) is 2.83. The van der Waals surface area contributed by atoms with Crippen molar-refractivity contribution < 1.29 is 4.79 Å². The number of rotatable bonds is 2. The Bertz CT molecular complexity index is 725. The van der Waals surface area contributed by atoms with Crippen LogP contribution in [-0.2, 0) is 0 Å². The average Bonchev–Trinajstić information content (AvgIpc) is 2.48. The van der Waals surface area contributed by atoms with E-state index in [0.29, 0.717) is 10.8 Å². The molecule has 1 aliphatic rings. The molecule has 1 saturated heterocycles. The van der Waals surface area contributed by atoms with Crippen molar-refractivity contribution in [1.29, 1.82) is 0 Å². The molecule has 1 aliphatic heterocycles. The van der Waals surface area contributed by atoms with Crippen LogP contribution in [0.4, 0.5) is 0 Å². The van der Waals surface area contributed by atoms with E-state index >= 15 is 0 Å². The van der Waals surface area contributed by atoms with Gasteiger partial charge in [-0.15, -0.1) is 0 Å². The van der Waals surface area contributed by atoms with Crippen molar-refractivity contribution in [3.8, 4) is 0 Å². The molecular formula is C15H18N4O2. The fraction of sp³-hybridized carbons (Fsp3) is 0.400. The molecule has 1 atom stereocenters. The maximum Gasteiger partial charge on any atom is 0.272 e. The maximum absolute atomic E-state index is 12.4. The second-order valence-corrected chi connectivity index (χ2v) is 5.52. The van der Waals surface area contributed by atoms with Crippen molar-refractivity contribution >= 4 is 16.7 Å². The lowest BCUT2D eigenvalue weighted by Gasteiger charge is -2.30. The summed E-state index contributed by atoms with van der Waals surface area (Å²) in [7, 11) is 2.05. The minimum Gasteiger partial charge on any atom is -0.347 e. The van der Waals surface area contributed by atoms with Gasteiger partial charge in [0.1, 0.15) is 0 Å². The summed E-state index contributed by atoms with van der Waals surface area (Å²) in [5.74, 6) is -0.234. The van der Waals surface area contributed by atoms with Crippen LogP contribution < -0.4 is 10.9 Å². The molecule has 6 nitrogen and oxygen atoms in total. The van der Waals surface area contributed by atoms with Gasteiger partial charge in [0, 0.05) is 18.0 Å². The predicted octanol–water partition coefficient (Wildman–Crippen LogP) is 0.747. The van der Waals surface area contributed by atoms with Crippen molar-refractivity contribution in [3.63, 3.8) is 0 Å². The van der Waals surface area contributed by atoms with Crippen molar-refractivity contribution in [2.45, 2.75) is 18.9 Å². The maximum atomic E-state index is 12.4. The highest BCUT2D eigenvalue weighted by Crippen LogP contribution is 2.14. The minimum absolute atomic E-state index is 0.128. The molecule has 0 spiro atoms. The van der Waals surface area contributed by atoms with Crippen LogP contribution in [-0.4, -0.2) is 47.2 Å². The number of benzene rings is 1. The van der Waals surface area contributed by atoms with Gasteiger partial charge < -0.3 is 10.2 Å².